The van der Waals surface area contributed by atoms with Crippen molar-refractivity contribution in [3.63, 3.8) is 0 Å². The zero-order chi connectivity index (χ0) is 14.9. The second-order valence-corrected chi connectivity index (χ2v) is 5.73. The average molecular weight is 282 g/mol. The summed E-state index contributed by atoms with van der Waals surface area (Å²) in [6, 6.07) is -0.110. The number of oxime groups is 1. The molecule has 3 unspecified atom stereocenters. The highest BCUT2D eigenvalue weighted by Gasteiger charge is 2.48. The summed E-state index contributed by atoms with van der Waals surface area (Å²) in [5.74, 6) is -0.346. The Labute approximate surface area is 118 Å². The molecule has 0 bridgehead atoms. The van der Waals surface area contributed by atoms with Crippen LogP contribution in [-0.2, 0) is 9.59 Å². The number of nitrogens with two attached hydrogens (primary N) is 1. The van der Waals surface area contributed by atoms with Gasteiger partial charge in [0, 0.05) is 13.1 Å². The monoisotopic (exact) mass is 282 g/mol. The van der Waals surface area contributed by atoms with Crippen molar-refractivity contribution in [3.8, 4) is 0 Å². The number of hydrogen-bond donors (Lipinski definition) is 3. The van der Waals surface area contributed by atoms with Gasteiger partial charge in [-0.25, -0.2) is 0 Å². The zero-order valence-corrected chi connectivity index (χ0v) is 11.9. The summed E-state index contributed by atoms with van der Waals surface area (Å²) in [6.07, 6.45) is 2.06. The van der Waals surface area contributed by atoms with Gasteiger partial charge in [-0.15, -0.1) is 0 Å². The Morgan fingerprint density at radius 1 is 1.65 bits per heavy atom. The fraction of sp³-hybridized carbons (Fsp3) is 0.769. The Balaban J connectivity index is 2.26. The van der Waals surface area contributed by atoms with Crippen LogP contribution in [-0.4, -0.2) is 46.9 Å². The molecule has 20 heavy (non-hydrogen) atoms. The summed E-state index contributed by atoms with van der Waals surface area (Å²) in [6.45, 7) is 4.61. The minimum absolute atomic E-state index is 0.0227. The van der Waals surface area contributed by atoms with E-state index in [9.17, 15) is 9.59 Å². The highest BCUT2D eigenvalue weighted by Crippen LogP contribution is 2.33. The Hall–Kier alpha value is -1.79. The van der Waals surface area contributed by atoms with Gasteiger partial charge in [0.25, 0.3) is 0 Å². The lowest BCUT2D eigenvalue weighted by Gasteiger charge is -2.40. The molecule has 2 rings (SSSR count). The van der Waals surface area contributed by atoms with Gasteiger partial charge in [-0.1, -0.05) is 12.1 Å². The third-order valence-corrected chi connectivity index (χ3v) is 4.71. The maximum absolute atomic E-state index is 12.8. The Morgan fingerprint density at radius 3 is 2.95 bits per heavy atom. The third kappa shape index (κ3) is 2.10. The van der Waals surface area contributed by atoms with Gasteiger partial charge in [0.05, 0.1) is 12.0 Å². The smallest absolute Gasteiger partial charge is 0.236 e. The molecule has 7 heteroatoms. The Kier molecular flexibility index (Phi) is 3.87. The fourth-order valence-electron chi connectivity index (χ4n) is 3.07. The first-order valence-corrected chi connectivity index (χ1v) is 7.02. The number of hydrogen-bond acceptors (Lipinski definition) is 4. The van der Waals surface area contributed by atoms with Crippen molar-refractivity contribution in [3.05, 3.63) is 0 Å². The number of nitrogens with one attached hydrogen (secondary N) is 1. The molecule has 0 aromatic carbocycles. The van der Waals surface area contributed by atoms with Gasteiger partial charge in [-0.05, 0) is 26.2 Å². The van der Waals surface area contributed by atoms with Crippen LogP contribution in [0.4, 0.5) is 0 Å². The van der Waals surface area contributed by atoms with Crippen molar-refractivity contribution in [2.75, 3.05) is 13.1 Å². The van der Waals surface area contributed by atoms with Crippen LogP contribution in [0.3, 0.4) is 0 Å². The second-order valence-electron chi connectivity index (χ2n) is 5.73. The van der Waals surface area contributed by atoms with Gasteiger partial charge >= 0.3 is 0 Å². The first kappa shape index (κ1) is 14.6. The molecule has 2 aliphatic rings. The summed E-state index contributed by atoms with van der Waals surface area (Å²) >= 11 is 0. The Bertz CT molecular complexity index is 451. The lowest BCUT2D eigenvalue weighted by Crippen LogP contribution is -2.56. The molecule has 0 aromatic heterocycles. The number of amidine groups is 1. The maximum atomic E-state index is 12.8. The van der Waals surface area contributed by atoms with E-state index in [0.29, 0.717) is 19.5 Å². The van der Waals surface area contributed by atoms with Crippen LogP contribution < -0.4 is 11.1 Å². The van der Waals surface area contributed by atoms with Crippen molar-refractivity contribution < 1.29 is 14.8 Å². The number of rotatable bonds is 3. The van der Waals surface area contributed by atoms with Crippen LogP contribution in [0.1, 0.15) is 33.1 Å². The van der Waals surface area contributed by atoms with Crippen LogP contribution in [0.5, 0.6) is 0 Å². The molecule has 2 heterocycles. The molecule has 0 saturated carbocycles. The first-order chi connectivity index (χ1) is 9.45. The van der Waals surface area contributed by atoms with Crippen LogP contribution in [0, 0.1) is 11.3 Å². The van der Waals surface area contributed by atoms with Crippen molar-refractivity contribution in [1.82, 2.24) is 10.2 Å². The van der Waals surface area contributed by atoms with Crippen molar-refractivity contribution in [1.29, 1.82) is 0 Å². The van der Waals surface area contributed by atoms with Gasteiger partial charge in [-0.2, -0.15) is 0 Å². The predicted molar refractivity (Wildman–Crippen MR) is 73.0 cm³/mol. The number of carbonyl (C=O) groups excluding carboxylic acids is 2. The highest BCUT2D eigenvalue weighted by atomic mass is 16.4. The van der Waals surface area contributed by atoms with Gasteiger partial charge in [0.15, 0.2) is 5.84 Å². The van der Waals surface area contributed by atoms with Crippen molar-refractivity contribution in [2.24, 2.45) is 22.2 Å². The topological polar surface area (TPSA) is 108 Å². The van der Waals surface area contributed by atoms with Gasteiger partial charge in [-0.3, -0.25) is 9.59 Å². The molecule has 0 aromatic rings. The second kappa shape index (κ2) is 5.30. The zero-order valence-electron chi connectivity index (χ0n) is 11.9. The quantitative estimate of drug-likeness (QED) is 0.290. The first-order valence-electron chi connectivity index (χ1n) is 7.02. The summed E-state index contributed by atoms with van der Waals surface area (Å²) in [4.78, 5) is 26.3. The van der Waals surface area contributed by atoms with Gasteiger partial charge < -0.3 is 21.2 Å². The van der Waals surface area contributed by atoms with E-state index < -0.39 is 5.41 Å². The molecule has 7 nitrogen and oxygen atoms in total. The molecule has 0 radical (unpaired) electrons. The molecular weight excluding hydrogens is 260 g/mol. The number of carbonyl (C=O) groups is 2. The van der Waals surface area contributed by atoms with Gasteiger partial charge in [0.1, 0.15) is 5.41 Å². The van der Waals surface area contributed by atoms with Crippen molar-refractivity contribution >= 4 is 17.6 Å². The SMILES string of the molecule is CCC(C)(C(=O)N1CCCC2C(=O)NCC21)C(N)=NO. The molecule has 0 aliphatic carbocycles. The summed E-state index contributed by atoms with van der Waals surface area (Å²) in [5, 5.41) is 14.7. The molecule has 2 amide bonds. The lowest BCUT2D eigenvalue weighted by molar-refractivity contribution is -0.143. The largest absolute Gasteiger partial charge is 0.409 e. The van der Waals surface area contributed by atoms with Gasteiger partial charge in [0.2, 0.25) is 11.8 Å². The van der Waals surface area contributed by atoms with Crippen LogP contribution in [0.25, 0.3) is 0 Å². The number of likely N-dealkylation sites (tertiary alicyclic amines) is 1. The summed E-state index contributed by atoms with van der Waals surface area (Å²) in [5.41, 5.74) is 4.68. The summed E-state index contributed by atoms with van der Waals surface area (Å²) in [7, 11) is 0. The molecule has 0 spiro atoms. The molecule has 2 fully saturated rings. The van der Waals surface area contributed by atoms with E-state index in [2.05, 4.69) is 10.5 Å². The lowest BCUT2D eigenvalue weighted by atomic mass is 9.82. The van der Waals surface area contributed by atoms with E-state index in [1.165, 1.54) is 0 Å². The third-order valence-electron chi connectivity index (χ3n) is 4.71. The number of fused-ring (bicyclic) bond motifs is 1. The highest BCUT2D eigenvalue weighted by molar-refractivity contribution is 6.06. The van der Waals surface area contributed by atoms with E-state index >= 15 is 0 Å². The van der Waals surface area contributed by atoms with E-state index in [0.717, 1.165) is 12.8 Å². The van der Waals surface area contributed by atoms with Crippen LogP contribution >= 0.6 is 0 Å². The minimum atomic E-state index is -1.03. The van der Waals surface area contributed by atoms with E-state index in [-0.39, 0.29) is 29.6 Å². The molecule has 4 N–H and O–H groups in total. The summed E-state index contributed by atoms with van der Waals surface area (Å²) < 4.78 is 0. The van der Waals surface area contributed by atoms with Crippen LogP contribution in [0.2, 0.25) is 0 Å². The standard InChI is InChI=1S/C13H22N4O3/c1-3-13(2,11(14)16-20)12(19)17-6-4-5-8-9(17)7-15-10(8)18/h8-9,20H,3-7H2,1-2H3,(H2,14,16)(H,15,18). The number of amides is 2. The minimum Gasteiger partial charge on any atom is -0.409 e. The normalized spacial score (nSPS) is 29.6. The van der Waals surface area contributed by atoms with E-state index in [4.69, 9.17) is 10.9 Å². The van der Waals surface area contributed by atoms with Crippen LogP contribution in [0.15, 0.2) is 5.16 Å². The predicted octanol–water partition coefficient (Wildman–Crippen LogP) is -0.114. The molecule has 112 valence electrons. The van der Waals surface area contributed by atoms with E-state index in [1.807, 2.05) is 6.92 Å². The molecule has 2 saturated heterocycles. The Morgan fingerprint density at radius 2 is 2.35 bits per heavy atom. The molecule has 3 atom stereocenters. The van der Waals surface area contributed by atoms with E-state index in [1.54, 1.807) is 11.8 Å². The molecule has 2 aliphatic heterocycles. The average Bonchev–Trinajstić information content (AvgIpc) is 2.86. The molecular formula is C13H22N4O3. The number of piperidine rings is 1. The maximum Gasteiger partial charge on any atom is 0.236 e. The number of nitrogens with zero attached hydrogens (tertiary/aromatic N) is 2. The fourth-order valence-corrected chi connectivity index (χ4v) is 3.07. The van der Waals surface area contributed by atoms with Crippen molar-refractivity contribution in [2.45, 2.75) is 39.2 Å².